The third-order valence-electron chi connectivity index (χ3n) is 1.32. The van der Waals surface area contributed by atoms with Crippen LogP contribution in [-0.2, 0) is 9.47 Å². The molecule has 0 aliphatic heterocycles. The van der Waals surface area contributed by atoms with E-state index in [1.165, 1.54) is 6.39 Å². The topological polar surface area (TPSA) is 44.5 Å². The zero-order chi connectivity index (χ0) is 8.81. The van der Waals surface area contributed by atoms with Crippen molar-refractivity contribution in [2.75, 3.05) is 13.2 Å². The lowest BCUT2D eigenvalue weighted by Gasteiger charge is -2.12. The fraction of sp³-hybridized carbons (Fsp3) is 0.625. The van der Waals surface area contributed by atoms with Gasteiger partial charge >= 0.3 is 0 Å². The fourth-order valence-electron chi connectivity index (χ4n) is 0.857. The van der Waals surface area contributed by atoms with Crippen molar-refractivity contribution >= 4 is 0 Å². The average Bonchev–Trinajstić information content (AvgIpc) is 2.56. The molecule has 0 saturated heterocycles. The third-order valence-corrected chi connectivity index (χ3v) is 1.32. The van der Waals surface area contributed by atoms with Gasteiger partial charge in [-0.2, -0.15) is 0 Å². The average molecular weight is 171 g/mol. The molecule has 0 atom stereocenters. The molecule has 0 amide bonds. The van der Waals surface area contributed by atoms with E-state index in [-0.39, 0.29) is 0 Å². The highest BCUT2D eigenvalue weighted by molar-refractivity contribution is 4.90. The molecule has 1 rings (SSSR count). The predicted molar refractivity (Wildman–Crippen MR) is 42.5 cm³/mol. The molecular weight excluding hydrogens is 158 g/mol. The van der Waals surface area contributed by atoms with Gasteiger partial charge in [-0.3, -0.25) is 0 Å². The maximum Gasteiger partial charge on any atom is 0.218 e. The number of hydrogen-bond donors (Lipinski definition) is 0. The van der Waals surface area contributed by atoms with Crippen molar-refractivity contribution in [2.24, 2.45) is 0 Å². The van der Waals surface area contributed by atoms with E-state index in [1.54, 1.807) is 6.20 Å². The first-order chi connectivity index (χ1) is 5.88. The quantitative estimate of drug-likeness (QED) is 0.633. The van der Waals surface area contributed by atoms with Crippen LogP contribution in [0.4, 0.5) is 0 Å². The zero-order valence-electron chi connectivity index (χ0n) is 7.32. The molecular formula is C8H13NO3. The SMILES string of the molecule is CCOC(OCC)c1cnco1. The number of rotatable bonds is 5. The molecule has 12 heavy (non-hydrogen) atoms. The second kappa shape index (κ2) is 4.90. The van der Waals surface area contributed by atoms with E-state index in [1.807, 2.05) is 13.8 Å². The summed E-state index contributed by atoms with van der Waals surface area (Å²) in [7, 11) is 0. The molecule has 0 spiro atoms. The van der Waals surface area contributed by atoms with Crippen molar-refractivity contribution in [1.29, 1.82) is 0 Å². The number of nitrogens with zero attached hydrogens (tertiary/aromatic N) is 1. The summed E-state index contributed by atoms with van der Waals surface area (Å²) in [6, 6.07) is 0. The molecule has 0 N–H and O–H groups in total. The van der Waals surface area contributed by atoms with E-state index in [2.05, 4.69) is 4.98 Å². The van der Waals surface area contributed by atoms with E-state index < -0.39 is 6.29 Å². The number of ether oxygens (including phenoxy) is 2. The number of aromatic nitrogens is 1. The van der Waals surface area contributed by atoms with Crippen molar-refractivity contribution in [2.45, 2.75) is 20.1 Å². The highest BCUT2D eigenvalue weighted by Crippen LogP contribution is 2.17. The Hall–Kier alpha value is -0.870. The molecule has 0 aliphatic carbocycles. The molecule has 68 valence electrons. The first-order valence-electron chi connectivity index (χ1n) is 4.00. The van der Waals surface area contributed by atoms with Gasteiger partial charge < -0.3 is 13.9 Å². The van der Waals surface area contributed by atoms with Gasteiger partial charge in [0.15, 0.2) is 12.2 Å². The van der Waals surface area contributed by atoms with Crippen LogP contribution in [0.15, 0.2) is 17.0 Å². The van der Waals surface area contributed by atoms with E-state index in [0.717, 1.165) is 0 Å². The van der Waals surface area contributed by atoms with Gasteiger partial charge in [0.25, 0.3) is 0 Å². The van der Waals surface area contributed by atoms with Crippen LogP contribution >= 0.6 is 0 Å². The molecule has 0 saturated carbocycles. The van der Waals surface area contributed by atoms with Gasteiger partial charge in [0.2, 0.25) is 6.29 Å². The highest BCUT2D eigenvalue weighted by atomic mass is 16.7. The van der Waals surface area contributed by atoms with Crippen molar-refractivity contribution in [3.63, 3.8) is 0 Å². The van der Waals surface area contributed by atoms with Crippen molar-refractivity contribution < 1.29 is 13.9 Å². The van der Waals surface area contributed by atoms with E-state index in [4.69, 9.17) is 13.9 Å². The molecule has 0 radical (unpaired) electrons. The van der Waals surface area contributed by atoms with Crippen LogP contribution in [0.3, 0.4) is 0 Å². The van der Waals surface area contributed by atoms with Gasteiger partial charge in [-0.15, -0.1) is 0 Å². The summed E-state index contributed by atoms with van der Waals surface area (Å²) < 4.78 is 15.6. The minimum absolute atomic E-state index is 0.414. The molecule has 0 fully saturated rings. The zero-order valence-corrected chi connectivity index (χ0v) is 7.32. The summed E-state index contributed by atoms with van der Waals surface area (Å²) in [5.74, 6) is 0.610. The number of oxazole rings is 1. The first-order valence-corrected chi connectivity index (χ1v) is 4.00. The van der Waals surface area contributed by atoms with Gasteiger partial charge in [-0.05, 0) is 13.8 Å². The Bertz CT molecular complexity index is 192. The Kier molecular flexibility index (Phi) is 3.76. The van der Waals surface area contributed by atoms with Crippen LogP contribution in [-0.4, -0.2) is 18.2 Å². The standard InChI is InChI=1S/C8H13NO3/c1-3-10-8(11-4-2)7-5-9-6-12-7/h5-6,8H,3-4H2,1-2H3. The molecule has 4 heteroatoms. The minimum atomic E-state index is -0.414. The van der Waals surface area contributed by atoms with Gasteiger partial charge in [-0.1, -0.05) is 0 Å². The van der Waals surface area contributed by atoms with Crippen molar-refractivity contribution in [3.8, 4) is 0 Å². The van der Waals surface area contributed by atoms with Crippen LogP contribution in [0.25, 0.3) is 0 Å². The Balaban J connectivity index is 2.53. The lowest BCUT2D eigenvalue weighted by molar-refractivity contribution is -0.150. The van der Waals surface area contributed by atoms with Crippen LogP contribution in [0.5, 0.6) is 0 Å². The molecule has 0 aliphatic rings. The molecule has 1 heterocycles. The fourth-order valence-corrected chi connectivity index (χ4v) is 0.857. The number of hydrogen-bond acceptors (Lipinski definition) is 4. The minimum Gasteiger partial charge on any atom is -0.443 e. The monoisotopic (exact) mass is 171 g/mol. The predicted octanol–water partition coefficient (Wildman–Crippen LogP) is 1.75. The van der Waals surface area contributed by atoms with Crippen molar-refractivity contribution in [3.05, 3.63) is 18.4 Å². The summed E-state index contributed by atoms with van der Waals surface area (Å²) in [6.07, 6.45) is 2.54. The van der Waals surface area contributed by atoms with Crippen LogP contribution < -0.4 is 0 Å². The Morgan fingerprint density at radius 1 is 1.42 bits per heavy atom. The summed E-state index contributed by atoms with van der Waals surface area (Å²) in [5, 5.41) is 0. The molecule has 1 aromatic heterocycles. The second-order valence-electron chi connectivity index (χ2n) is 2.15. The smallest absolute Gasteiger partial charge is 0.218 e. The highest BCUT2D eigenvalue weighted by Gasteiger charge is 2.13. The summed E-state index contributed by atoms with van der Waals surface area (Å²) in [5.41, 5.74) is 0. The molecule has 4 nitrogen and oxygen atoms in total. The molecule has 0 unspecified atom stereocenters. The van der Waals surface area contributed by atoms with Gasteiger partial charge in [0, 0.05) is 13.2 Å². The second-order valence-corrected chi connectivity index (χ2v) is 2.15. The summed E-state index contributed by atoms with van der Waals surface area (Å²) in [6.45, 7) is 4.99. The van der Waals surface area contributed by atoms with Crippen LogP contribution in [0, 0.1) is 0 Å². The maximum atomic E-state index is 5.27. The molecule has 1 aromatic rings. The summed E-state index contributed by atoms with van der Waals surface area (Å²) >= 11 is 0. The normalized spacial score (nSPS) is 10.9. The summed E-state index contributed by atoms with van der Waals surface area (Å²) in [4.78, 5) is 3.78. The lowest BCUT2D eigenvalue weighted by Crippen LogP contribution is -2.07. The van der Waals surface area contributed by atoms with E-state index in [9.17, 15) is 0 Å². The van der Waals surface area contributed by atoms with Crippen LogP contribution in [0.2, 0.25) is 0 Å². The molecule has 0 aromatic carbocycles. The van der Waals surface area contributed by atoms with Gasteiger partial charge in [0.05, 0.1) is 6.20 Å². The van der Waals surface area contributed by atoms with Gasteiger partial charge in [-0.25, -0.2) is 4.98 Å². The third kappa shape index (κ3) is 2.32. The Morgan fingerprint density at radius 2 is 2.08 bits per heavy atom. The maximum absolute atomic E-state index is 5.27. The first kappa shape index (κ1) is 9.22. The molecule has 0 bridgehead atoms. The van der Waals surface area contributed by atoms with E-state index in [0.29, 0.717) is 19.0 Å². The Labute approximate surface area is 71.5 Å². The van der Waals surface area contributed by atoms with Gasteiger partial charge in [0.1, 0.15) is 0 Å². The van der Waals surface area contributed by atoms with E-state index >= 15 is 0 Å². The van der Waals surface area contributed by atoms with Crippen LogP contribution in [0.1, 0.15) is 25.9 Å². The lowest BCUT2D eigenvalue weighted by atomic mass is 10.5. The van der Waals surface area contributed by atoms with Crippen molar-refractivity contribution in [1.82, 2.24) is 4.98 Å². The Morgan fingerprint density at radius 3 is 2.50 bits per heavy atom. The largest absolute Gasteiger partial charge is 0.443 e.